The van der Waals surface area contributed by atoms with Crippen LogP contribution in [-0.4, -0.2) is 0 Å². The van der Waals surface area contributed by atoms with Crippen LogP contribution in [0.2, 0.25) is 0 Å². The van der Waals surface area contributed by atoms with Crippen LogP contribution in [0.15, 0.2) is 11.1 Å². The monoisotopic (exact) mass is 209 g/mol. The van der Waals surface area contributed by atoms with Gasteiger partial charge in [-0.25, -0.2) is 0 Å². The average molecular weight is 209 g/mol. The summed E-state index contributed by atoms with van der Waals surface area (Å²) in [6.45, 7) is 10.6. The second kappa shape index (κ2) is 10.3. The molecule has 0 nitrogen and oxygen atoms in total. The van der Waals surface area contributed by atoms with Gasteiger partial charge in [0.2, 0.25) is 0 Å². The molecule has 0 heterocycles. The maximum absolute atomic E-state index is 3.97. The summed E-state index contributed by atoms with van der Waals surface area (Å²) in [7, 11) is 0. The zero-order chi connectivity index (χ0) is 11.5. The number of hydrogen-bond acceptors (Lipinski definition) is 0. The molecule has 15 heavy (non-hydrogen) atoms. The van der Waals surface area contributed by atoms with E-state index in [-0.39, 0.29) is 0 Å². The normalized spacial score (nSPS) is 12.8. The lowest BCUT2D eigenvalue weighted by Crippen LogP contribution is -1.84. The Balaban J connectivity index is 3.15. The first-order valence-corrected chi connectivity index (χ1v) is 6.66. The first-order valence-electron chi connectivity index (χ1n) is 6.66. The largest absolute Gasteiger partial charge is 0.0744 e. The van der Waals surface area contributed by atoms with E-state index in [1.807, 2.05) is 0 Å². The minimum absolute atomic E-state index is 1.25. The molecule has 0 aromatic carbocycles. The summed E-state index contributed by atoms with van der Waals surface area (Å²) < 4.78 is 0. The first kappa shape index (κ1) is 14.7. The third kappa shape index (κ3) is 10.0. The molecule has 0 aliphatic rings. The number of unbranched alkanes of at least 4 members (excludes halogenated alkanes) is 7. The molecule has 89 valence electrons. The summed E-state index contributed by atoms with van der Waals surface area (Å²) in [5, 5.41) is 0. The fraction of sp³-hybridized carbons (Fsp3) is 0.800. The molecule has 0 aliphatic heterocycles. The van der Waals surface area contributed by atoms with Crippen molar-refractivity contribution in [1.82, 2.24) is 0 Å². The van der Waals surface area contributed by atoms with E-state index in [9.17, 15) is 0 Å². The van der Waals surface area contributed by atoms with Crippen LogP contribution in [0.4, 0.5) is 0 Å². The van der Waals surface area contributed by atoms with Crippen LogP contribution in [0.1, 0.15) is 78.6 Å². The molecule has 0 aliphatic carbocycles. The van der Waals surface area contributed by atoms with Crippen LogP contribution >= 0.6 is 0 Å². The SMILES string of the molecule is [CH2]/C(C)=C(\C)CCCCCCCCCC. The molecular formula is C15H29. The van der Waals surface area contributed by atoms with Gasteiger partial charge in [0, 0.05) is 0 Å². The Hall–Kier alpha value is -0.260. The average Bonchev–Trinajstić information content (AvgIpc) is 2.21. The fourth-order valence-electron chi connectivity index (χ4n) is 1.74. The van der Waals surface area contributed by atoms with Crippen LogP contribution in [0.5, 0.6) is 0 Å². The molecule has 1 radical (unpaired) electrons. The standard InChI is InChI=1S/C15H29/c1-5-6-7-8-9-10-11-12-13-15(4)14(2)3/h2,5-13H2,1,3-4H3/b15-14-. The molecule has 0 saturated heterocycles. The Morgan fingerprint density at radius 3 is 1.73 bits per heavy atom. The second-order valence-electron chi connectivity index (χ2n) is 4.79. The van der Waals surface area contributed by atoms with Gasteiger partial charge >= 0.3 is 0 Å². The molecular weight excluding hydrogens is 180 g/mol. The van der Waals surface area contributed by atoms with Gasteiger partial charge in [-0.15, -0.1) is 0 Å². The summed E-state index contributed by atoms with van der Waals surface area (Å²) in [5.41, 5.74) is 2.75. The summed E-state index contributed by atoms with van der Waals surface area (Å²) in [4.78, 5) is 0. The van der Waals surface area contributed by atoms with Crippen molar-refractivity contribution in [3.63, 3.8) is 0 Å². The minimum atomic E-state index is 1.25. The van der Waals surface area contributed by atoms with Crippen molar-refractivity contribution >= 4 is 0 Å². The van der Waals surface area contributed by atoms with Crippen molar-refractivity contribution in [2.75, 3.05) is 0 Å². The van der Waals surface area contributed by atoms with Crippen LogP contribution in [0, 0.1) is 6.92 Å². The highest BCUT2D eigenvalue weighted by atomic mass is 14.0. The van der Waals surface area contributed by atoms with Crippen molar-refractivity contribution in [3.05, 3.63) is 18.1 Å². The fourth-order valence-corrected chi connectivity index (χ4v) is 1.74. The van der Waals surface area contributed by atoms with Crippen molar-refractivity contribution < 1.29 is 0 Å². The summed E-state index contributed by atoms with van der Waals surface area (Å²) in [6, 6.07) is 0. The van der Waals surface area contributed by atoms with Crippen LogP contribution in [-0.2, 0) is 0 Å². The molecule has 0 fully saturated rings. The molecule has 0 unspecified atom stereocenters. The topological polar surface area (TPSA) is 0 Å². The van der Waals surface area contributed by atoms with Crippen molar-refractivity contribution in [3.8, 4) is 0 Å². The Morgan fingerprint density at radius 1 is 0.800 bits per heavy atom. The highest BCUT2D eigenvalue weighted by molar-refractivity contribution is 5.11. The zero-order valence-electron chi connectivity index (χ0n) is 11.1. The smallest absolute Gasteiger partial charge is 0.0283 e. The number of allylic oxidation sites excluding steroid dienone is 2. The van der Waals surface area contributed by atoms with Gasteiger partial charge in [-0.2, -0.15) is 0 Å². The molecule has 0 heteroatoms. The van der Waals surface area contributed by atoms with Crippen LogP contribution < -0.4 is 0 Å². The maximum Gasteiger partial charge on any atom is -0.0283 e. The van der Waals surface area contributed by atoms with Crippen LogP contribution in [0.25, 0.3) is 0 Å². The molecule has 0 bridgehead atoms. The quantitative estimate of drug-likeness (QED) is 0.428. The van der Waals surface area contributed by atoms with E-state index in [0.717, 1.165) is 0 Å². The maximum atomic E-state index is 3.97. The number of hydrogen-bond donors (Lipinski definition) is 0. The predicted octanol–water partition coefficient (Wildman–Crippen LogP) is 5.69. The van der Waals surface area contributed by atoms with E-state index in [1.165, 1.54) is 68.9 Å². The summed E-state index contributed by atoms with van der Waals surface area (Å²) in [6.07, 6.45) is 12.5. The van der Waals surface area contributed by atoms with Gasteiger partial charge in [0.15, 0.2) is 0 Å². The Kier molecular flexibility index (Phi) is 10.1. The van der Waals surface area contributed by atoms with Gasteiger partial charge in [0.05, 0.1) is 0 Å². The molecule has 0 N–H and O–H groups in total. The van der Waals surface area contributed by atoms with E-state index in [0.29, 0.717) is 0 Å². The Morgan fingerprint density at radius 2 is 1.27 bits per heavy atom. The van der Waals surface area contributed by atoms with E-state index in [1.54, 1.807) is 0 Å². The Bertz CT molecular complexity index is 161. The van der Waals surface area contributed by atoms with E-state index < -0.39 is 0 Å². The van der Waals surface area contributed by atoms with Gasteiger partial charge in [-0.3, -0.25) is 0 Å². The number of rotatable bonds is 9. The lowest BCUT2D eigenvalue weighted by atomic mass is 10.0. The molecule has 0 rings (SSSR count). The first-order chi connectivity index (χ1) is 7.18. The summed E-state index contributed by atoms with van der Waals surface area (Å²) >= 11 is 0. The highest BCUT2D eigenvalue weighted by Crippen LogP contribution is 2.14. The molecule has 0 saturated carbocycles. The van der Waals surface area contributed by atoms with Crippen LogP contribution in [0.3, 0.4) is 0 Å². The van der Waals surface area contributed by atoms with Gasteiger partial charge in [0.25, 0.3) is 0 Å². The lowest BCUT2D eigenvalue weighted by Gasteiger charge is -2.04. The van der Waals surface area contributed by atoms with E-state index in [2.05, 4.69) is 27.7 Å². The minimum Gasteiger partial charge on any atom is -0.0744 e. The lowest BCUT2D eigenvalue weighted by molar-refractivity contribution is 0.574. The third-order valence-corrected chi connectivity index (χ3v) is 3.13. The molecule has 0 spiro atoms. The van der Waals surface area contributed by atoms with Gasteiger partial charge in [0.1, 0.15) is 0 Å². The highest BCUT2D eigenvalue weighted by Gasteiger charge is 1.94. The van der Waals surface area contributed by atoms with E-state index >= 15 is 0 Å². The van der Waals surface area contributed by atoms with Gasteiger partial charge in [-0.1, -0.05) is 63.0 Å². The van der Waals surface area contributed by atoms with Crippen molar-refractivity contribution in [2.45, 2.75) is 78.6 Å². The van der Waals surface area contributed by atoms with Crippen molar-refractivity contribution in [2.24, 2.45) is 0 Å². The predicted molar refractivity (Wildman–Crippen MR) is 71.0 cm³/mol. The van der Waals surface area contributed by atoms with E-state index in [4.69, 9.17) is 0 Å². The van der Waals surface area contributed by atoms with Crippen molar-refractivity contribution in [1.29, 1.82) is 0 Å². The Labute approximate surface area is 97.2 Å². The summed E-state index contributed by atoms with van der Waals surface area (Å²) in [5.74, 6) is 0. The van der Waals surface area contributed by atoms with Gasteiger partial charge < -0.3 is 0 Å². The molecule has 0 aromatic rings. The third-order valence-electron chi connectivity index (χ3n) is 3.13. The molecule has 0 amide bonds. The zero-order valence-corrected chi connectivity index (χ0v) is 11.1. The molecule has 0 aromatic heterocycles. The van der Waals surface area contributed by atoms with Gasteiger partial charge in [-0.05, 0) is 33.6 Å². The second-order valence-corrected chi connectivity index (χ2v) is 4.79. The molecule has 0 atom stereocenters.